The number of hydrogen-bond acceptors (Lipinski definition) is 2. The molecule has 3 N–H and O–H groups in total. The van der Waals surface area contributed by atoms with Gasteiger partial charge in [-0.2, -0.15) is 0 Å². The van der Waals surface area contributed by atoms with E-state index in [4.69, 9.17) is 29.6 Å². The van der Waals surface area contributed by atoms with Crippen LogP contribution in [0.1, 0.15) is 5.56 Å². The van der Waals surface area contributed by atoms with Crippen LogP contribution < -0.4 is 11.1 Å². The van der Waals surface area contributed by atoms with Crippen LogP contribution in [-0.2, 0) is 0 Å². The molecule has 0 aliphatic carbocycles. The Labute approximate surface area is 138 Å². The maximum Gasteiger partial charge on any atom is 0.106 e. The molecular formula is C13H9Br2ClN2S. The highest BCUT2D eigenvalue weighted by atomic mass is 79.9. The molecule has 0 atom stereocenters. The van der Waals surface area contributed by atoms with Crippen molar-refractivity contribution in [2.24, 2.45) is 5.73 Å². The van der Waals surface area contributed by atoms with Crippen LogP contribution >= 0.6 is 55.7 Å². The molecule has 0 aliphatic rings. The Morgan fingerprint density at radius 1 is 1.11 bits per heavy atom. The molecular weight excluding hydrogens is 411 g/mol. The van der Waals surface area contributed by atoms with Gasteiger partial charge < -0.3 is 11.1 Å². The highest BCUT2D eigenvalue weighted by molar-refractivity contribution is 9.10. The van der Waals surface area contributed by atoms with Crippen LogP contribution in [0.2, 0.25) is 5.02 Å². The van der Waals surface area contributed by atoms with Crippen molar-refractivity contribution in [1.29, 1.82) is 0 Å². The molecule has 19 heavy (non-hydrogen) atoms. The second-order valence-electron chi connectivity index (χ2n) is 3.80. The molecule has 0 aliphatic heterocycles. The SMILES string of the molecule is NC(=S)c1cc(Br)ccc1Nc1cc(Cl)ccc1Br. The molecule has 2 rings (SSSR count). The second kappa shape index (κ2) is 6.22. The Morgan fingerprint density at radius 3 is 2.53 bits per heavy atom. The first kappa shape index (κ1) is 14.8. The summed E-state index contributed by atoms with van der Waals surface area (Å²) < 4.78 is 1.83. The molecule has 0 bridgehead atoms. The Hall–Kier alpha value is -0.620. The van der Waals surface area contributed by atoms with Crippen molar-refractivity contribution in [2.75, 3.05) is 5.32 Å². The zero-order valence-electron chi connectivity index (χ0n) is 9.58. The minimum atomic E-state index is 0.335. The van der Waals surface area contributed by atoms with Gasteiger partial charge >= 0.3 is 0 Å². The van der Waals surface area contributed by atoms with E-state index in [1.807, 2.05) is 36.4 Å². The van der Waals surface area contributed by atoms with Gasteiger partial charge in [-0.05, 0) is 52.3 Å². The molecule has 0 radical (unpaired) electrons. The van der Waals surface area contributed by atoms with E-state index in [2.05, 4.69) is 37.2 Å². The fraction of sp³-hybridized carbons (Fsp3) is 0. The number of nitrogens with one attached hydrogen (secondary N) is 1. The van der Waals surface area contributed by atoms with E-state index < -0.39 is 0 Å². The quantitative estimate of drug-likeness (QED) is 0.667. The normalized spacial score (nSPS) is 10.3. The Morgan fingerprint density at radius 2 is 1.84 bits per heavy atom. The van der Waals surface area contributed by atoms with Crippen LogP contribution in [0.4, 0.5) is 11.4 Å². The minimum absolute atomic E-state index is 0.335. The molecule has 98 valence electrons. The molecule has 0 heterocycles. The lowest BCUT2D eigenvalue weighted by Gasteiger charge is -2.13. The predicted molar refractivity (Wildman–Crippen MR) is 92.5 cm³/mol. The summed E-state index contributed by atoms with van der Waals surface area (Å²) >= 11 is 17.9. The summed E-state index contributed by atoms with van der Waals surface area (Å²) in [7, 11) is 0. The van der Waals surface area contributed by atoms with Gasteiger partial charge in [-0.25, -0.2) is 0 Å². The first-order valence-electron chi connectivity index (χ1n) is 5.29. The molecule has 0 aromatic heterocycles. The summed E-state index contributed by atoms with van der Waals surface area (Å²) in [6.07, 6.45) is 0. The van der Waals surface area contributed by atoms with E-state index in [1.165, 1.54) is 0 Å². The lowest BCUT2D eigenvalue weighted by molar-refractivity contribution is 1.49. The number of thiocarbonyl (C=S) groups is 1. The van der Waals surface area contributed by atoms with Crippen molar-refractivity contribution < 1.29 is 0 Å². The third kappa shape index (κ3) is 3.69. The lowest BCUT2D eigenvalue weighted by Crippen LogP contribution is -2.12. The maximum absolute atomic E-state index is 5.99. The van der Waals surface area contributed by atoms with Gasteiger partial charge in [0.25, 0.3) is 0 Å². The summed E-state index contributed by atoms with van der Waals surface area (Å²) in [5.41, 5.74) is 8.20. The summed E-state index contributed by atoms with van der Waals surface area (Å²) in [6.45, 7) is 0. The van der Waals surface area contributed by atoms with Crippen LogP contribution in [-0.4, -0.2) is 4.99 Å². The fourth-order valence-electron chi connectivity index (χ4n) is 1.57. The number of hydrogen-bond donors (Lipinski definition) is 2. The van der Waals surface area contributed by atoms with Gasteiger partial charge in [-0.1, -0.05) is 39.7 Å². The van der Waals surface area contributed by atoms with Gasteiger partial charge in [-0.15, -0.1) is 0 Å². The van der Waals surface area contributed by atoms with Gasteiger partial charge in [0.2, 0.25) is 0 Å². The predicted octanol–water partition coefficient (Wildman–Crippen LogP) is 5.24. The largest absolute Gasteiger partial charge is 0.389 e. The van der Waals surface area contributed by atoms with Crippen molar-refractivity contribution in [2.45, 2.75) is 0 Å². The van der Waals surface area contributed by atoms with Crippen molar-refractivity contribution in [3.8, 4) is 0 Å². The minimum Gasteiger partial charge on any atom is -0.389 e. The van der Waals surface area contributed by atoms with Gasteiger partial charge in [0.1, 0.15) is 4.99 Å². The third-order valence-electron chi connectivity index (χ3n) is 2.44. The third-order valence-corrected chi connectivity index (χ3v) is 4.08. The Bertz CT molecular complexity index is 647. The van der Waals surface area contributed by atoms with Crippen molar-refractivity contribution in [3.63, 3.8) is 0 Å². The monoisotopic (exact) mass is 418 g/mol. The zero-order valence-corrected chi connectivity index (χ0v) is 14.3. The zero-order chi connectivity index (χ0) is 14.0. The van der Waals surface area contributed by atoms with Crippen LogP contribution in [0, 0.1) is 0 Å². The summed E-state index contributed by atoms with van der Waals surface area (Å²) in [6, 6.07) is 11.2. The molecule has 0 saturated heterocycles. The van der Waals surface area contributed by atoms with Gasteiger partial charge in [0, 0.05) is 25.2 Å². The Balaban J connectivity index is 2.43. The molecule has 0 spiro atoms. The van der Waals surface area contributed by atoms with Crippen LogP contribution in [0.15, 0.2) is 45.3 Å². The van der Waals surface area contributed by atoms with Crippen LogP contribution in [0.5, 0.6) is 0 Å². The lowest BCUT2D eigenvalue weighted by atomic mass is 10.1. The summed E-state index contributed by atoms with van der Waals surface area (Å²) in [5, 5.41) is 3.92. The fourth-order valence-corrected chi connectivity index (χ4v) is 2.62. The molecule has 2 nitrogen and oxygen atoms in total. The van der Waals surface area contributed by atoms with E-state index >= 15 is 0 Å². The molecule has 0 fully saturated rings. The highest BCUT2D eigenvalue weighted by Crippen LogP contribution is 2.31. The molecule has 2 aromatic carbocycles. The van der Waals surface area contributed by atoms with E-state index in [9.17, 15) is 0 Å². The summed E-state index contributed by atoms with van der Waals surface area (Å²) in [4.78, 5) is 0.335. The summed E-state index contributed by atoms with van der Waals surface area (Å²) in [5.74, 6) is 0. The average molecular weight is 421 g/mol. The highest BCUT2D eigenvalue weighted by Gasteiger charge is 2.08. The van der Waals surface area contributed by atoms with Crippen LogP contribution in [0.3, 0.4) is 0 Å². The van der Waals surface area contributed by atoms with Gasteiger partial charge in [0.15, 0.2) is 0 Å². The van der Waals surface area contributed by atoms with Crippen molar-refractivity contribution in [1.82, 2.24) is 0 Å². The Kier molecular flexibility index (Phi) is 4.84. The standard InChI is InChI=1S/C13H9Br2ClN2S/c14-7-1-4-11(9(5-7)13(17)19)18-12-6-8(16)2-3-10(12)15/h1-6,18H,(H2,17,19). The van der Waals surface area contributed by atoms with E-state index in [-0.39, 0.29) is 0 Å². The van der Waals surface area contributed by atoms with Gasteiger partial charge in [0.05, 0.1) is 5.69 Å². The van der Waals surface area contributed by atoms with Gasteiger partial charge in [-0.3, -0.25) is 0 Å². The molecule has 2 aromatic rings. The average Bonchev–Trinajstić information content (AvgIpc) is 2.35. The first-order valence-corrected chi connectivity index (χ1v) is 7.66. The van der Waals surface area contributed by atoms with E-state index in [1.54, 1.807) is 0 Å². The molecule has 0 saturated carbocycles. The topological polar surface area (TPSA) is 38.0 Å². The van der Waals surface area contributed by atoms with E-state index in [0.717, 1.165) is 25.9 Å². The molecule has 0 amide bonds. The van der Waals surface area contributed by atoms with E-state index in [0.29, 0.717) is 10.0 Å². The molecule has 6 heteroatoms. The van der Waals surface area contributed by atoms with Crippen molar-refractivity contribution >= 4 is 72.0 Å². The van der Waals surface area contributed by atoms with Crippen LogP contribution in [0.25, 0.3) is 0 Å². The van der Waals surface area contributed by atoms with Crippen molar-refractivity contribution in [3.05, 3.63) is 55.9 Å². The second-order valence-corrected chi connectivity index (χ2v) is 6.45. The smallest absolute Gasteiger partial charge is 0.106 e. The number of halogens is 3. The number of benzene rings is 2. The first-order chi connectivity index (χ1) is 8.97. The number of rotatable bonds is 3. The number of anilines is 2. The molecule has 0 unspecified atom stereocenters. The number of nitrogens with two attached hydrogens (primary N) is 1. The maximum atomic E-state index is 5.99.